The summed E-state index contributed by atoms with van der Waals surface area (Å²) < 4.78 is 48.1. The van der Waals surface area contributed by atoms with Crippen LogP contribution in [0.25, 0.3) is 0 Å². The van der Waals surface area contributed by atoms with Crippen molar-refractivity contribution in [3.05, 3.63) is 41.5 Å². The Bertz CT molecular complexity index is 1220. The highest BCUT2D eigenvalue weighted by atomic mass is 32.2. The van der Waals surface area contributed by atoms with E-state index < -0.39 is 33.4 Å². The number of aryl methyl sites for hydroxylation is 1. The number of nitrogens with one attached hydrogen (secondary N) is 2. The number of amides is 1. The number of hydrogen-bond donors (Lipinski definition) is 3. The molecule has 156 valence electrons. The molecule has 2 atom stereocenters. The van der Waals surface area contributed by atoms with Gasteiger partial charge >= 0.3 is 0 Å². The molecule has 30 heavy (non-hydrogen) atoms. The van der Waals surface area contributed by atoms with E-state index in [-0.39, 0.29) is 34.2 Å². The van der Waals surface area contributed by atoms with Gasteiger partial charge in [-0.3, -0.25) is 4.79 Å². The standard InChI is InChI=1S/C19H17FN4O5S/c1-4-19(2,26)15-10-29-17-14(30(27,28)23-15)9-24(3)16(17)18(25)22-12-5-6-13(20)11(7-12)8-21/h1,5-7,9,15,23,26H,10H2,2-3H3,(H,22,25)/t15-,19+/m0/s1. The van der Waals surface area contributed by atoms with Gasteiger partial charge in [0.1, 0.15) is 29.0 Å². The van der Waals surface area contributed by atoms with Crippen molar-refractivity contribution in [1.82, 2.24) is 9.29 Å². The largest absolute Gasteiger partial charge is 0.488 e. The van der Waals surface area contributed by atoms with Gasteiger partial charge in [0.25, 0.3) is 5.91 Å². The third-order valence-electron chi connectivity index (χ3n) is 4.61. The number of aromatic nitrogens is 1. The Labute approximate surface area is 172 Å². The number of carbonyl (C=O) groups excluding carboxylic acids is 1. The van der Waals surface area contributed by atoms with Crippen LogP contribution >= 0.6 is 0 Å². The highest BCUT2D eigenvalue weighted by molar-refractivity contribution is 7.89. The molecule has 1 aromatic heterocycles. The van der Waals surface area contributed by atoms with Crippen LogP contribution in [0.15, 0.2) is 29.3 Å². The van der Waals surface area contributed by atoms with Gasteiger partial charge in [0, 0.05) is 18.9 Å². The van der Waals surface area contributed by atoms with Gasteiger partial charge in [0.15, 0.2) is 11.4 Å². The lowest BCUT2D eigenvalue weighted by molar-refractivity contribution is 0.0640. The van der Waals surface area contributed by atoms with Crippen LogP contribution in [-0.2, 0) is 17.1 Å². The molecule has 0 saturated carbocycles. The normalized spacial score (nSPS) is 19.2. The quantitative estimate of drug-likeness (QED) is 0.612. The van der Waals surface area contributed by atoms with Crippen LogP contribution in [0.4, 0.5) is 10.1 Å². The molecule has 0 radical (unpaired) electrons. The third kappa shape index (κ3) is 3.74. The smallest absolute Gasteiger partial charge is 0.276 e. The minimum Gasteiger partial charge on any atom is -0.488 e. The zero-order chi connectivity index (χ0) is 22.3. The number of rotatable bonds is 3. The van der Waals surface area contributed by atoms with E-state index in [9.17, 15) is 22.7 Å². The van der Waals surface area contributed by atoms with E-state index in [0.717, 1.165) is 12.1 Å². The summed E-state index contributed by atoms with van der Waals surface area (Å²) >= 11 is 0. The monoisotopic (exact) mass is 432 g/mol. The fraction of sp³-hybridized carbons (Fsp3) is 0.263. The number of sulfonamides is 1. The number of ether oxygens (including phenoxy) is 1. The minimum atomic E-state index is -4.17. The van der Waals surface area contributed by atoms with Crippen molar-refractivity contribution in [3.8, 4) is 24.2 Å². The van der Waals surface area contributed by atoms with Gasteiger partial charge in [-0.1, -0.05) is 5.92 Å². The highest BCUT2D eigenvalue weighted by Crippen LogP contribution is 2.34. The van der Waals surface area contributed by atoms with Crippen molar-refractivity contribution < 1.29 is 27.4 Å². The molecule has 3 rings (SSSR count). The molecular weight excluding hydrogens is 415 g/mol. The van der Waals surface area contributed by atoms with E-state index in [1.54, 1.807) is 6.07 Å². The van der Waals surface area contributed by atoms with Crippen LogP contribution in [0.1, 0.15) is 23.0 Å². The molecule has 2 heterocycles. The number of nitrogens with zero attached hydrogens (tertiary/aromatic N) is 2. The average molecular weight is 432 g/mol. The molecule has 3 N–H and O–H groups in total. The van der Waals surface area contributed by atoms with E-state index in [1.165, 1.54) is 30.8 Å². The average Bonchev–Trinajstić information content (AvgIpc) is 2.97. The molecule has 11 heteroatoms. The van der Waals surface area contributed by atoms with Crippen LogP contribution in [0, 0.1) is 29.5 Å². The molecule has 1 amide bonds. The van der Waals surface area contributed by atoms with E-state index in [1.807, 2.05) is 0 Å². The topological polar surface area (TPSA) is 133 Å². The predicted molar refractivity (Wildman–Crippen MR) is 104 cm³/mol. The molecular formula is C19H17FN4O5S. The van der Waals surface area contributed by atoms with Crippen LogP contribution in [0.3, 0.4) is 0 Å². The summed E-state index contributed by atoms with van der Waals surface area (Å²) in [6.07, 6.45) is 6.46. The van der Waals surface area contributed by atoms with Crippen molar-refractivity contribution in [1.29, 1.82) is 5.26 Å². The number of aliphatic hydroxyl groups is 1. The maximum absolute atomic E-state index is 13.5. The number of terminal acetylenes is 1. The molecule has 2 aromatic rings. The number of anilines is 1. The summed E-state index contributed by atoms with van der Waals surface area (Å²) in [5, 5.41) is 21.6. The molecule has 1 aliphatic rings. The fourth-order valence-corrected chi connectivity index (χ4v) is 4.37. The van der Waals surface area contributed by atoms with Crippen LogP contribution in [0.5, 0.6) is 5.75 Å². The summed E-state index contributed by atoms with van der Waals surface area (Å²) in [5.74, 6) is 0.393. The van der Waals surface area contributed by atoms with Crippen molar-refractivity contribution in [2.45, 2.75) is 23.5 Å². The first kappa shape index (κ1) is 21.3. The van der Waals surface area contributed by atoms with Crippen molar-refractivity contribution >= 4 is 21.6 Å². The summed E-state index contributed by atoms with van der Waals surface area (Å²) in [7, 11) is -2.72. The van der Waals surface area contributed by atoms with E-state index in [4.69, 9.17) is 16.4 Å². The van der Waals surface area contributed by atoms with Gasteiger partial charge in [-0.25, -0.2) is 17.5 Å². The van der Waals surface area contributed by atoms with Gasteiger partial charge in [0.2, 0.25) is 10.0 Å². The Kier molecular flexibility index (Phi) is 5.31. The maximum Gasteiger partial charge on any atom is 0.276 e. The number of carbonyl (C=O) groups is 1. The zero-order valence-corrected chi connectivity index (χ0v) is 16.7. The maximum atomic E-state index is 13.5. The second-order valence-corrected chi connectivity index (χ2v) is 8.50. The number of fused-ring (bicyclic) bond motifs is 1. The zero-order valence-electron chi connectivity index (χ0n) is 15.9. The first-order valence-corrected chi connectivity index (χ1v) is 10.0. The number of halogens is 1. The second kappa shape index (κ2) is 7.46. The lowest BCUT2D eigenvalue weighted by Crippen LogP contribution is -2.52. The lowest BCUT2D eigenvalue weighted by atomic mass is 9.99. The van der Waals surface area contributed by atoms with Crippen molar-refractivity contribution in [3.63, 3.8) is 0 Å². The minimum absolute atomic E-state index is 0.126. The predicted octanol–water partition coefficient (Wildman–Crippen LogP) is 0.712. The fourth-order valence-electron chi connectivity index (χ4n) is 2.88. The number of benzene rings is 1. The highest BCUT2D eigenvalue weighted by Gasteiger charge is 2.40. The van der Waals surface area contributed by atoms with Crippen LogP contribution in [-0.4, -0.2) is 42.2 Å². The van der Waals surface area contributed by atoms with Gasteiger partial charge in [0.05, 0.1) is 11.6 Å². The molecule has 0 aliphatic carbocycles. The summed E-state index contributed by atoms with van der Waals surface area (Å²) in [6, 6.07) is 3.94. The summed E-state index contributed by atoms with van der Waals surface area (Å²) in [5.41, 5.74) is -2.08. The number of nitriles is 1. The Hall–Kier alpha value is -3.38. The Morgan fingerprint density at radius 1 is 1.53 bits per heavy atom. The SMILES string of the molecule is C#C[C@@](C)(O)[C@@H]1COc2c(cn(C)c2C(=O)Nc2ccc(F)c(C#N)c2)S(=O)(=O)N1. The molecule has 1 aliphatic heterocycles. The Morgan fingerprint density at radius 3 is 2.87 bits per heavy atom. The van der Waals surface area contributed by atoms with E-state index in [0.29, 0.717) is 0 Å². The molecule has 0 fully saturated rings. The van der Waals surface area contributed by atoms with Crippen LogP contribution < -0.4 is 14.8 Å². The molecule has 1 aromatic carbocycles. The van der Waals surface area contributed by atoms with Crippen molar-refractivity contribution in [2.24, 2.45) is 7.05 Å². The van der Waals surface area contributed by atoms with Crippen molar-refractivity contribution in [2.75, 3.05) is 11.9 Å². The molecule has 0 saturated heterocycles. The van der Waals surface area contributed by atoms with Gasteiger partial charge in [-0.05, 0) is 25.1 Å². The molecule has 0 spiro atoms. The summed E-state index contributed by atoms with van der Waals surface area (Å²) in [4.78, 5) is 12.5. The molecule has 0 unspecified atom stereocenters. The molecule has 9 nitrogen and oxygen atoms in total. The van der Waals surface area contributed by atoms with Gasteiger partial charge < -0.3 is 19.7 Å². The Balaban J connectivity index is 1.99. The second-order valence-electron chi connectivity index (χ2n) is 6.82. The first-order valence-electron chi connectivity index (χ1n) is 8.55. The van der Waals surface area contributed by atoms with E-state index in [2.05, 4.69) is 16.0 Å². The van der Waals surface area contributed by atoms with E-state index >= 15 is 0 Å². The lowest BCUT2D eigenvalue weighted by Gasteiger charge is -2.26. The van der Waals surface area contributed by atoms with Crippen LogP contribution in [0.2, 0.25) is 0 Å². The van der Waals surface area contributed by atoms with Gasteiger partial charge in [-0.2, -0.15) is 5.26 Å². The molecule has 0 bridgehead atoms. The Morgan fingerprint density at radius 2 is 2.23 bits per heavy atom. The van der Waals surface area contributed by atoms with Gasteiger partial charge in [-0.15, -0.1) is 6.42 Å². The third-order valence-corrected chi connectivity index (χ3v) is 6.08. The summed E-state index contributed by atoms with van der Waals surface area (Å²) in [6.45, 7) is 0.928. The number of hydrogen-bond acceptors (Lipinski definition) is 6. The first-order chi connectivity index (χ1) is 14.0.